The van der Waals surface area contributed by atoms with Gasteiger partial charge in [0, 0.05) is 42.7 Å². The van der Waals surface area contributed by atoms with Crippen LogP contribution >= 0.6 is 11.3 Å². The molecule has 1 saturated carbocycles. The average molecular weight is 539 g/mol. The summed E-state index contributed by atoms with van der Waals surface area (Å²) in [7, 11) is 0. The molecular weight excluding hydrogens is 492 g/mol. The first-order valence-electron chi connectivity index (χ1n) is 14.5. The Morgan fingerprint density at radius 2 is 1.79 bits per heavy atom. The van der Waals surface area contributed by atoms with Gasteiger partial charge in [-0.1, -0.05) is 37.6 Å². The van der Waals surface area contributed by atoms with Crippen LogP contribution < -0.4 is 11.1 Å². The smallest absolute Gasteiger partial charge is 0.254 e. The number of piperidine rings is 1. The molecule has 7 heteroatoms. The number of carbonyl (C=O) groups excluding carboxylic acids is 2. The number of carbonyl (C=O) groups is 2. The maximum atomic E-state index is 13.7. The average Bonchev–Trinajstić information content (AvgIpc) is 3.44. The van der Waals surface area contributed by atoms with Crippen molar-refractivity contribution >= 4 is 23.2 Å². The quantitative estimate of drug-likeness (QED) is 0.443. The first-order chi connectivity index (χ1) is 18.3. The van der Waals surface area contributed by atoms with Crippen LogP contribution in [0.5, 0.6) is 0 Å². The SMILES string of the molecule is Cc1ccc(C(=O)N2CCC(N(Cc3cccs3)CC(C)C)C[C@@H]2C(=O)NCC2CCC(CN)CC2)cc1. The fourth-order valence-electron chi connectivity index (χ4n) is 6.08. The molecule has 2 atom stereocenters. The van der Waals surface area contributed by atoms with Gasteiger partial charge in [0.15, 0.2) is 0 Å². The molecule has 2 amide bonds. The Hall–Kier alpha value is -2.22. The van der Waals surface area contributed by atoms with Gasteiger partial charge >= 0.3 is 0 Å². The van der Waals surface area contributed by atoms with Gasteiger partial charge in [-0.2, -0.15) is 0 Å². The molecule has 3 N–H and O–H groups in total. The third kappa shape index (κ3) is 7.67. The number of rotatable bonds is 10. The lowest BCUT2D eigenvalue weighted by molar-refractivity contribution is -0.128. The summed E-state index contributed by atoms with van der Waals surface area (Å²) in [4.78, 5) is 33.1. The van der Waals surface area contributed by atoms with Gasteiger partial charge in [0.1, 0.15) is 6.04 Å². The summed E-state index contributed by atoms with van der Waals surface area (Å²) in [6.07, 6.45) is 6.07. The molecular formula is C31H46N4O2S. The van der Waals surface area contributed by atoms with Crippen molar-refractivity contribution in [2.24, 2.45) is 23.5 Å². The molecule has 4 rings (SSSR count). The van der Waals surface area contributed by atoms with E-state index in [1.54, 1.807) is 11.3 Å². The molecule has 0 bridgehead atoms. The molecule has 2 heterocycles. The van der Waals surface area contributed by atoms with E-state index in [2.05, 4.69) is 41.6 Å². The van der Waals surface area contributed by atoms with Crippen molar-refractivity contribution in [1.82, 2.24) is 15.1 Å². The number of amides is 2. The number of aryl methyl sites for hydroxylation is 1. The largest absolute Gasteiger partial charge is 0.354 e. The molecule has 1 aromatic carbocycles. The molecule has 38 heavy (non-hydrogen) atoms. The Kier molecular flexibility index (Phi) is 10.4. The molecule has 1 aliphatic heterocycles. The van der Waals surface area contributed by atoms with Gasteiger partial charge in [-0.3, -0.25) is 14.5 Å². The molecule has 2 fully saturated rings. The van der Waals surface area contributed by atoms with Crippen LogP contribution in [0.15, 0.2) is 41.8 Å². The molecule has 2 aromatic rings. The standard InChI is InChI=1S/C31H46N4O2S/c1-22(2)20-34(21-28-5-4-16-38-28)27-14-15-35(31(37)26-12-6-23(3)7-13-26)29(17-27)30(36)33-19-25-10-8-24(18-32)9-11-25/h4-7,12-13,16,22,24-25,27,29H,8-11,14-15,17-21,32H2,1-3H3,(H,33,36)/t24?,25?,27?,29-/m1/s1. The number of hydrogen-bond acceptors (Lipinski definition) is 5. The summed E-state index contributed by atoms with van der Waals surface area (Å²) in [5.74, 6) is 1.60. The number of thiophene rings is 1. The fraction of sp³-hybridized carbons (Fsp3) is 0.613. The molecule has 1 unspecified atom stereocenters. The summed E-state index contributed by atoms with van der Waals surface area (Å²) >= 11 is 1.79. The second kappa shape index (κ2) is 13.7. The van der Waals surface area contributed by atoms with Crippen molar-refractivity contribution in [2.75, 3.05) is 26.2 Å². The van der Waals surface area contributed by atoms with Crippen LogP contribution in [0.2, 0.25) is 0 Å². The number of likely N-dealkylation sites (tertiary alicyclic amines) is 1. The second-order valence-electron chi connectivity index (χ2n) is 11.8. The normalized spacial score (nSPS) is 24.1. The van der Waals surface area contributed by atoms with Gasteiger partial charge in [0.05, 0.1) is 0 Å². The van der Waals surface area contributed by atoms with Crippen molar-refractivity contribution in [3.63, 3.8) is 0 Å². The van der Waals surface area contributed by atoms with Gasteiger partial charge in [-0.15, -0.1) is 11.3 Å². The zero-order valence-corrected chi connectivity index (χ0v) is 24.2. The van der Waals surface area contributed by atoms with Crippen molar-refractivity contribution in [3.05, 3.63) is 57.8 Å². The van der Waals surface area contributed by atoms with E-state index in [-0.39, 0.29) is 17.9 Å². The second-order valence-corrected chi connectivity index (χ2v) is 12.9. The monoisotopic (exact) mass is 538 g/mol. The minimum atomic E-state index is -0.457. The highest BCUT2D eigenvalue weighted by atomic mass is 32.1. The zero-order chi connectivity index (χ0) is 27.1. The van der Waals surface area contributed by atoms with Gasteiger partial charge in [0.2, 0.25) is 5.91 Å². The molecule has 6 nitrogen and oxygen atoms in total. The van der Waals surface area contributed by atoms with E-state index in [1.807, 2.05) is 36.1 Å². The Morgan fingerprint density at radius 1 is 1.08 bits per heavy atom. The summed E-state index contributed by atoms with van der Waals surface area (Å²) in [5.41, 5.74) is 7.65. The predicted molar refractivity (Wildman–Crippen MR) is 156 cm³/mol. The summed E-state index contributed by atoms with van der Waals surface area (Å²) < 4.78 is 0. The molecule has 1 aromatic heterocycles. The van der Waals surface area contributed by atoms with E-state index in [1.165, 1.54) is 4.88 Å². The van der Waals surface area contributed by atoms with Crippen LogP contribution in [0.3, 0.4) is 0 Å². The topological polar surface area (TPSA) is 78.7 Å². The molecule has 208 valence electrons. The minimum Gasteiger partial charge on any atom is -0.354 e. The first-order valence-corrected chi connectivity index (χ1v) is 15.3. The van der Waals surface area contributed by atoms with E-state index in [0.717, 1.165) is 57.3 Å². The maximum Gasteiger partial charge on any atom is 0.254 e. The molecule has 1 aliphatic carbocycles. The summed E-state index contributed by atoms with van der Waals surface area (Å²) in [5, 5.41) is 5.39. The fourth-order valence-corrected chi connectivity index (χ4v) is 6.81. The number of hydrogen-bond donors (Lipinski definition) is 2. The van der Waals surface area contributed by atoms with E-state index in [0.29, 0.717) is 42.8 Å². The number of benzene rings is 1. The van der Waals surface area contributed by atoms with E-state index >= 15 is 0 Å². The van der Waals surface area contributed by atoms with Gasteiger partial charge in [-0.25, -0.2) is 0 Å². The highest BCUT2D eigenvalue weighted by Gasteiger charge is 2.39. The zero-order valence-electron chi connectivity index (χ0n) is 23.4. The first kappa shape index (κ1) is 28.8. The third-order valence-corrected chi connectivity index (χ3v) is 9.22. The van der Waals surface area contributed by atoms with Crippen LogP contribution in [0, 0.1) is 24.7 Å². The lowest BCUT2D eigenvalue weighted by Crippen LogP contribution is -2.58. The van der Waals surface area contributed by atoms with Crippen LogP contribution in [0.1, 0.15) is 73.2 Å². The summed E-state index contributed by atoms with van der Waals surface area (Å²) in [6, 6.07) is 11.8. The van der Waals surface area contributed by atoms with Crippen LogP contribution in [-0.2, 0) is 11.3 Å². The van der Waals surface area contributed by atoms with Gasteiger partial charge in [-0.05, 0) is 93.3 Å². The molecule has 0 radical (unpaired) electrons. The number of nitrogens with zero attached hydrogens (tertiary/aromatic N) is 2. The Balaban J connectivity index is 1.49. The Morgan fingerprint density at radius 3 is 2.42 bits per heavy atom. The molecule has 1 saturated heterocycles. The lowest BCUT2D eigenvalue weighted by Gasteiger charge is -2.43. The van der Waals surface area contributed by atoms with E-state index in [9.17, 15) is 9.59 Å². The van der Waals surface area contributed by atoms with Crippen molar-refractivity contribution in [1.29, 1.82) is 0 Å². The number of nitrogens with two attached hydrogens (primary N) is 1. The third-order valence-electron chi connectivity index (χ3n) is 8.36. The highest BCUT2D eigenvalue weighted by Crippen LogP contribution is 2.29. The Bertz CT molecular complexity index is 1020. The Labute approximate surface area is 233 Å². The summed E-state index contributed by atoms with van der Waals surface area (Å²) in [6.45, 7) is 10.4. The van der Waals surface area contributed by atoms with Gasteiger partial charge in [0.25, 0.3) is 5.91 Å². The van der Waals surface area contributed by atoms with Crippen LogP contribution in [0.4, 0.5) is 0 Å². The molecule has 2 aliphatic rings. The van der Waals surface area contributed by atoms with Crippen molar-refractivity contribution < 1.29 is 9.59 Å². The maximum absolute atomic E-state index is 13.7. The van der Waals surface area contributed by atoms with Crippen LogP contribution in [0.25, 0.3) is 0 Å². The van der Waals surface area contributed by atoms with Gasteiger partial charge < -0.3 is 16.0 Å². The van der Waals surface area contributed by atoms with Crippen molar-refractivity contribution in [3.8, 4) is 0 Å². The van der Waals surface area contributed by atoms with E-state index in [4.69, 9.17) is 5.73 Å². The van der Waals surface area contributed by atoms with E-state index < -0.39 is 6.04 Å². The lowest BCUT2D eigenvalue weighted by atomic mass is 9.82. The minimum absolute atomic E-state index is 0.00303. The van der Waals surface area contributed by atoms with Crippen LogP contribution in [-0.4, -0.2) is 59.9 Å². The number of nitrogens with one attached hydrogen (secondary N) is 1. The highest BCUT2D eigenvalue weighted by molar-refractivity contribution is 7.09. The predicted octanol–water partition coefficient (Wildman–Crippen LogP) is 5.07. The molecule has 0 spiro atoms. The van der Waals surface area contributed by atoms with Crippen molar-refractivity contribution in [2.45, 2.75) is 77.9 Å².